The molecule has 0 saturated heterocycles. The minimum absolute atomic E-state index is 0.105. The van der Waals surface area contributed by atoms with E-state index in [0.29, 0.717) is 5.56 Å². The number of hydrogen-bond donors (Lipinski definition) is 1. The lowest BCUT2D eigenvalue weighted by Crippen LogP contribution is -2.09. The number of halogens is 1. The van der Waals surface area contributed by atoms with Crippen LogP contribution in [-0.2, 0) is 4.74 Å². The zero-order chi connectivity index (χ0) is 15.4. The van der Waals surface area contributed by atoms with Gasteiger partial charge in [0.25, 0.3) is 0 Å². The Kier molecular flexibility index (Phi) is 4.86. The Morgan fingerprint density at radius 3 is 2.48 bits per heavy atom. The van der Waals surface area contributed by atoms with E-state index in [4.69, 9.17) is 16.3 Å². The molecule has 0 aromatic heterocycles. The second kappa shape index (κ2) is 6.64. The molecule has 0 spiro atoms. The minimum Gasteiger partial charge on any atom is -0.465 e. The summed E-state index contributed by atoms with van der Waals surface area (Å²) >= 11 is 5.90. The molecule has 0 aliphatic rings. The van der Waals surface area contributed by atoms with Gasteiger partial charge in [-0.3, -0.25) is 0 Å². The first-order valence-corrected chi connectivity index (χ1v) is 7.10. The van der Waals surface area contributed by atoms with E-state index in [1.54, 1.807) is 6.07 Å². The van der Waals surface area contributed by atoms with E-state index in [1.807, 2.05) is 43.3 Å². The van der Waals surface area contributed by atoms with E-state index < -0.39 is 0 Å². The third-order valence-electron chi connectivity index (χ3n) is 3.40. The summed E-state index contributed by atoms with van der Waals surface area (Å²) in [6, 6.07) is 13.3. The van der Waals surface area contributed by atoms with Crippen molar-refractivity contribution in [2.75, 3.05) is 12.4 Å². The van der Waals surface area contributed by atoms with Gasteiger partial charge in [-0.25, -0.2) is 4.79 Å². The molecule has 0 heterocycles. The first-order chi connectivity index (χ1) is 10.0. The van der Waals surface area contributed by atoms with Crippen molar-refractivity contribution in [2.24, 2.45) is 0 Å². The summed E-state index contributed by atoms with van der Waals surface area (Å²) in [6.45, 7) is 4.06. The summed E-state index contributed by atoms with van der Waals surface area (Å²) in [7, 11) is 1.38. The van der Waals surface area contributed by atoms with Gasteiger partial charge in [0.05, 0.1) is 12.7 Å². The molecule has 0 aliphatic carbocycles. The largest absolute Gasteiger partial charge is 0.465 e. The number of rotatable bonds is 4. The third kappa shape index (κ3) is 3.76. The van der Waals surface area contributed by atoms with Gasteiger partial charge >= 0.3 is 5.97 Å². The zero-order valence-electron chi connectivity index (χ0n) is 12.3. The predicted molar refractivity (Wildman–Crippen MR) is 86.0 cm³/mol. The molecule has 0 saturated carbocycles. The summed E-state index contributed by atoms with van der Waals surface area (Å²) in [4.78, 5) is 11.6. The average molecular weight is 304 g/mol. The number of carbonyl (C=O) groups excluding carboxylic acids is 1. The van der Waals surface area contributed by atoms with Crippen molar-refractivity contribution in [3.05, 3.63) is 64.2 Å². The number of esters is 1. The summed E-state index contributed by atoms with van der Waals surface area (Å²) in [5.74, 6) is -0.336. The Balaban J connectivity index is 2.22. The Labute approximate surface area is 129 Å². The van der Waals surface area contributed by atoms with E-state index in [0.717, 1.165) is 21.8 Å². The monoisotopic (exact) mass is 303 g/mol. The van der Waals surface area contributed by atoms with Gasteiger partial charge in [0, 0.05) is 16.8 Å². The number of hydrogen-bond acceptors (Lipinski definition) is 3. The SMILES string of the molecule is COC(=O)c1ccc(C)c(NC(C)c2ccc(Cl)cc2)c1. The molecule has 0 fully saturated rings. The Hall–Kier alpha value is -2.00. The van der Waals surface area contributed by atoms with Gasteiger partial charge in [0.2, 0.25) is 0 Å². The smallest absolute Gasteiger partial charge is 0.337 e. The maximum absolute atomic E-state index is 11.6. The highest BCUT2D eigenvalue weighted by Gasteiger charge is 2.11. The topological polar surface area (TPSA) is 38.3 Å². The molecule has 0 bridgehead atoms. The van der Waals surface area contributed by atoms with Crippen LogP contribution in [0, 0.1) is 6.92 Å². The minimum atomic E-state index is -0.336. The second-order valence-corrected chi connectivity index (χ2v) is 5.38. The summed E-state index contributed by atoms with van der Waals surface area (Å²) < 4.78 is 4.75. The number of anilines is 1. The molecular formula is C17H18ClNO2. The maximum Gasteiger partial charge on any atom is 0.337 e. The van der Waals surface area contributed by atoms with E-state index in [1.165, 1.54) is 7.11 Å². The normalized spacial score (nSPS) is 11.8. The van der Waals surface area contributed by atoms with Crippen LogP contribution < -0.4 is 5.32 Å². The summed E-state index contributed by atoms with van der Waals surface area (Å²) in [5.41, 5.74) is 3.65. The van der Waals surface area contributed by atoms with Gasteiger partial charge in [-0.05, 0) is 49.2 Å². The molecule has 110 valence electrons. The fraction of sp³-hybridized carbons (Fsp3) is 0.235. The molecule has 2 aromatic rings. The highest BCUT2D eigenvalue weighted by Crippen LogP contribution is 2.24. The van der Waals surface area contributed by atoms with E-state index in [2.05, 4.69) is 12.2 Å². The molecule has 1 unspecified atom stereocenters. The van der Waals surface area contributed by atoms with Crippen LogP contribution in [0.1, 0.15) is 34.5 Å². The van der Waals surface area contributed by atoms with Gasteiger partial charge in [-0.2, -0.15) is 0 Å². The van der Waals surface area contributed by atoms with Gasteiger partial charge in [0.1, 0.15) is 0 Å². The highest BCUT2D eigenvalue weighted by molar-refractivity contribution is 6.30. The van der Waals surface area contributed by atoms with Crippen molar-refractivity contribution in [1.29, 1.82) is 0 Å². The van der Waals surface area contributed by atoms with Crippen LogP contribution in [0.3, 0.4) is 0 Å². The fourth-order valence-electron chi connectivity index (χ4n) is 2.09. The molecule has 0 radical (unpaired) electrons. The Morgan fingerprint density at radius 2 is 1.86 bits per heavy atom. The van der Waals surface area contributed by atoms with E-state index in [9.17, 15) is 4.79 Å². The number of nitrogens with one attached hydrogen (secondary N) is 1. The number of methoxy groups -OCH3 is 1. The van der Waals surface area contributed by atoms with Gasteiger partial charge in [-0.1, -0.05) is 29.8 Å². The highest BCUT2D eigenvalue weighted by atomic mass is 35.5. The van der Waals surface area contributed by atoms with Gasteiger partial charge in [-0.15, -0.1) is 0 Å². The average Bonchev–Trinajstić information content (AvgIpc) is 2.49. The van der Waals surface area contributed by atoms with Crippen LogP contribution in [0.4, 0.5) is 5.69 Å². The maximum atomic E-state index is 11.6. The first kappa shape index (κ1) is 15.4. The van der Waals surface area contributed by atoms with E-state index in [-0.39, 0.29) is 12.0 Å². The van der Waals surface area contributed by atoms with Gasteiger partial charge < -0.3 is 10.1 Å². The molecule has 2 aromatic carbocycles. The summed E-state index contributed by atoms with van der Waals surface area (Å²) in [6.07, 6.45) is 0. The quantitative estimate of drug-likeness (QED) is 0.838. The molecule has 1 N–H and O–H groups in total. The number of benzene rings is 2. The lowest BCUT2D eigenvalue weighted by Gasteiger charge is -2.18. The second-order valence-electron chi connectivity index (χ2n) is 4.94. The molecule has 1 atom stereocenters. The van der Waals surface area contributed by atoms with Crippen molar-refractivity contribution in [3.8, 4) is 0 Å². The van der Waals surface area contributed by atoms with E-state index >= 15 is 0 Å². The molecule has 0 aliphatic heterocycles. The summed E-state index contributed by atoms with van der Waals surface area (Å²) in [5, 5.41) is 4.13. The molecule has 4 heteroatoms. The predicted octanol–water partition coefficient (Wildman–Crippen LogP) is 4.61. The Bertz CT molecular complexity index is 638. The lowest BCUT2D eigenvalue weighted by molar-refractivity contribution is 0.0601. The number of ether oxygens (including phenoxy) is 1. The van der Waals surface area contributed by atoms with Crippen LogP contribution in [0.2, 0.25) is 5.02 Å². The molecule has 21 heavy (non-hydrogen) atoms. The van der Waals surface area contributed by atoms with Crippen molar-refractivity contribution < 1.29 is 9.53 Å². The molecule has 3 nitrogen and oxygen atoms in total. The van der Waals surface area contributed by atoms with Crippen LogP contribution in [0.5, 0.6) is 0 Å². The number of carbonyl (C=O) groups is 1. The van der Waals surface area contributed by atoms with Crippen molar-refractivity contribution >= 4 is 23.3 Å². The number of aryl methyl sites for hydroxylation is 1. The molecule has 0 amide bonds. The van der Waals surface area contributed by atoms with Crippen LogP contribution in [0.25, 0.3) is 0 Å². The van der Waals surface area contributed by atoms with Crippen LogP contribution in [-0.4, -0.2) is 13.1 Å². The lowest BCUT2D eigenvalue weighted by atomic mass is 10.1. The van der Waals surface area contributed by atoms with Crippen molar-refractivity contribution in [1.82, 2.24) is 0 Å². The van der Waals surface area contributed by atoms with Crippen molar-refractivity contribution in [3.63, 3.8) is 0 Å². The molecule has 2 rings (SSSR count). The van der Waals surface area contributed by atoms with Crippen LogP contribution in [0.15, 0.2) is 42.5 Å². The van der Waals surface area contributed by atoms with Gasteiger partial charge in [0.15, 0.2) is 0 Å². The Morgan fingerprint density at radius 1 is 1.19 bits per heavy atom. The third-order valence-corrected chi connectivity index (χ3v) is 3.65. The first-order valence-electron chi connectivity index (χ1n) is 6.72. The molecular weight excluding hydrogens is 286 g/mol. The van der Waals surface area contributed by atoms with Crippen LogP contribution >= 0.6 is 11.6 Å². The fourth-order valence-corrected chi connectivity index (χ4v) is 2.22. The zero-order valence-corrected chi connectivity index (χ0v) is 13.1. The van der Waals surface area contributed by atoms with Crippen molar-refractivity contribution in [2.45, 2.75) is 19.9 Å². The standard InChI is InChI=1S/C17H18ClNO2/c1-11-4-5-14(17(20)21-3)10-16(11)19-12(2)13-6-8-15(18)9-7-13/h4-10,12,19H,1-3H3.